The van der Waals surface area contributed by atoms with Gasteiger partial charge < -0.3 is 9.67 Å². The minimum absolute atomic E-state index is 0.692. The predicted octanol–water partition coefficient (Wildman–Crippen LogP) is 1.19. The van der Waals surface area contributed by atoms with E-state index in [1.807, 2.05) is 6.92 Å². The summed E-state index contributed by atoms with van der Waals surface area (Å²) in [4.78, 5) is 11.3. The van der Waals surface area contributed by atoms with Crippen LogP contribution in [0, 0.1) is 0 Å². The van der Waals surface area contributed by atoms with Gasteiger partial charge in [-0.3, -0.25) is 0 Å². The average Bonchev–Trinajstić information content (AvgIpc) is 2.52. The van der Waals surface area contributed by atoms with Crippen molar-refractivity contribution in [1.82, 2.24) is 14.8 Å². The quantitative estimate of drug-likeness (QED) is 0.808. The molecule has 0 spiro atoms. The van der Waals surface area contributed by atoms with Crippen LogP contribution >= 0.6 is 0 Å². The molecule has 1 aromatic rings. The van der Waals surface area contributed by atoms with Gasteiger partial charge >= 0.3 is 5.97 Å². The zero-order valence-corrected chi connectivity index (χ0v) is 8.81. The van der Waals surface area contributed by atoms with E-state index in [4.69, 9.17) is 0 Å². The zero-order chi connectivity index (χ0) is 10.9. The summed E-state index contributed by atoms with van der Waals surface area (Å²) in [5.41, 5.74) is -0.756. The van der Waals surface area contributed by atoms with Crippen molar-refractivity contribution in [3.8, 4) is 0 Å². The summed E-state index contributed by atoms with van der Waals surface area (Å²) >= 11 is 0. The number of nitrogens with zero attached hydrogens (tertiary/aromatic N) is 3. The van der Waals surface area contributed by atoms with Gasteiger partial charge in [0, 0.05) is 6.42 Å². The van der Waals surface area contributed by atoms with Gasteiger partial charge in [0.15, 0.2) is 0 Å². The smallest absolute Gasteiger partial charge is 0.329 e. The molecular formula is C10H15N3O2. The van der Waals surface area contributed by atoms with Gasteiger partial charge in [0.05, 0.1) is 0 Å². The fourth-order valence-corrected chi connectivity index (χ4v) is 2.08. The molecule has 0 bridgehead atoms. The lowest BCUT2D eigenvalue weighted by atomic mass is 9.76. The standard InChI is InChI=1S/C10H15N3O2/c1-2-4-8-12-11-7-13(8)10(9(14)15)5-3-6-10/h7H,2-6H2,1H3,(H,14,15). The topological polar surface area (TPSA) is 68.0 Å². The van der Waals surface area contributed by atoms with Gasteiger partial charge in [-0.15, -0.1) is 10.2 Å². The number of carboxylic acid groups (broad SMARTS) is 1. The highest BCUT2D eigenvalue weighted by Gasteiger charge is 2.47. The molecule has 1 aliphatic rings. The lowest BCUT2D eigenvalue weighted by Crippen LogP contribution is -2.48. The Bertz CT molecular complexity index is 368. The summed E-state index contributed by atoms with van der Waals surface area (Å²) in [7, 11) is 0. The Hall–Kier alpha value is -1.39. The van der Waals surface area contributed by atoms with Crippen LogP contribution in [-0.2, 0) is 16.8 Å². The van der Waals surface area contributed by atoms with E-state index in [1.165, 1.54) is 0 Å². The number of carboxylic acids is 1. The highest BCUT2D eigenvalue weighted by Crippen LogP contribution is 2.40. The number of hydrogen-bond donors (Lipinski definition) is 1. The molecule has 1 fully saturated rings. The van der Waals surface area contributed by atoms with E-state index in [0.29, 0.717) is 12.8 Å². The molecule has 15 heavy (non-hydrogen) atoms. The molecule has 0 saturated heterocycles. The van der Waals surface area contributed by atoms with Crippen LogP contribution in [-0.4, -0.2) is 25.8 Å². The van der Waals surface area contributed by atoms with E-state index in [0.717, 1.165) is 25.1 Å². The molecule has 1 saturated carbocycles. The molecule has 0 aromatic carbocycles. The number of aliphatic carboxylic acids is 1. The third kappa shape index (κ3) is 1.42. The van der Waals surface area contributed by atoms with E-state index in [-0.39, 0.29) is 0 Å². The van der Waals surface area contributed by atoms with E-state index in [2.05, 4.69) is 10.2 Å². The summed E-state index contributed by atoms with van der Waals surface area (Å²) in [5.74, 6) is 0.0329. The Labute approximate surface area is 88.1 Å². The van der Waals surface area contributed by atoms with Gasteiger partial charge in [-0.1, -0.05) is 6.92 Å². The molecule has 2 rings (SSSR count). The Balaban J connectivity index is 2.34. The average molecular weight is 209 g/mol. The van der Waals surface area contributed by atoms with Crippen molar-refractivity contribution in [1.29, 1.82) is 0 Å². The Morgan fingerprint density at radius 1 is 1.67 bits per heavy atom. The summed E-state index contributed by atoms with van der Waals surface area (Å²) in [6.07, 6.45) is 5.64. The van der Waals surface area contributed by atoms with Gasteiger partial charge in [-0.05, 0) is 25.7 Å². The molecule has 0 atom stereocenters. The first-order chi connectivity index (χ1) is 7.20. The van der Waals surface area contributed by atoms with Crippen LogP contribution in [0.4, 0.5) is 0 Å². The van der Waals surface area contributed by atoms with Gasteiger partial charge in [-0.25, -0.2) is 4.79 Å². The molecule has 1 N–H and O–H groups in total. The van der Waals surface area contributed by atoms with Crippen LogP contribution in [0.25, 0.3) is 0 Å². The maximum atomic E-state index is 11.3. The van der Waals surface area contributed by atoms with Crippen LogP contribution < -0.4 is 0 Å². The van der Waals surface area contributed by atoms with Crippen LogP contribution in [0.2, 0.25) is 0 Å². The Morgan fingerprint density at radius 2 is 2.40 bits per heavy atom. The first-order valence-electron chi connectivity index (χ1n) is 5.33. The third-order valence-electron chi connectivity index (χ3n) is 3.13. The van der Waals surface area contributed by atoms with Crippen LogP contribution in [0.5, 0.6) is 0 Å². The first-order valence-corrected chi connectivity index (χ1v) is 5.33. The summed E-state index contributed by atoms with van der Waals surface area (Å²) in [5, 5.41) is 17.1. The minimum Gasteiger partial charge on any atom is -0.479 e. The van der Waals surface area contributed by atoms with Gasteiger partial charge in [0.2, 0.25) is 0 Å². The van der Waals surface area contributed by atoms with Crippen LogP contribution in [0.1, 0.15) is 38.4 Å². The monoisotopic (exact) mass is 209 g/mol. The molecule has 5 nitrogen and oxygen atoms in total. The van der Waals surface area contributed by atoms with Crippen LogP contribution in [0.15, 0.2) is 6.33 Å². The zero-order valence-electron chi connectivity index (χ0n) is 8.81. The summed E-state index contributed by atoms with van der Waals surface area (Å²) in [6.45, 7) is 2.05. The fraction of sp³-hybridized carbons (Fsp3) is 0.700. The summed E-state index contributed by atoms with van der Waals surface area (Å²) in [6, 6.07) is 0. The molecule has 5 heteroatoms. The van der Waals surface area contributed by atoms with Crippen molar-refractivity contribution in [2.75, 3.05) is 0 Å². The molecule has 0 unspecified atom stereocenters. The van der Waals surface area contributed by atoms with Crippen molar-refractivity contribution in [3.05, 3.63) is 12.2 Å². The fourth-order valence-electron chi connectivity index (χ4n) is 2.08. The maximum absolute atomic E-state index is 11.3. The second-order valence-corrected chi connectivity index (χ2v) is 4.06. The highest BCUT2D eigenvalue weighted by molar-refractivity contribution is 5.78. The minimum atomic E-state index is -0.758. The molecule has 0 amide bonds. The van der Waals surface area contributed by atoms with Gasteiger partial charge in [0.1, 0.15) is 17.7 Å². The molecule has 0 radical (unpaired) electrons. The van der Waals surface area contributed by atoms with E-state index < -0.39 is 11.5 Å². The van der Waals surface area contributed by atoms with E-state index in [9.17, 15) is 9.90 Å². The van der Waals surface area contributed by atoms with Crippen molar-refractivity contribution < 1.29 is 9.90 Å². The van der Waals surface area contributed by atoms with Crippen LogP contribution in [0.3, 0.4) is 0 Å². The van der Waals surface area contributed by atoms with E-state index in [1.54, 1.807) is 10.9 Å². The van der Waals surface area contributed by atoms with Crippen molar-refractivity contribution in [2.45, 2.75) is 44.6 Å². The molecule has 0 aliphatic heterocycles. The first kappa shape index (κ1) is 10.1. The second-order valence-electron chi connectivity index (χ2n) is 4.06. The Kier molecular flexibility index (Phi) is 2.46. The van der Waals surface area contributed by atoms with E-state index >= 15 is 0 Å². The number of aromatic nitrogens is 3. The molecule has 82 valence electrons. The van der Waals surface area contributed by atoms with Crippen molar-refractivity contribution in [2.24, 2.45) is 0 Å². The highest BCUT2D eigenvalue weighted by atomic mass is 16.4. The largest absolute Gasteiger partial charge is 0.479 e. The molecular weight excluding hydrogens is 194 g/mol. The van der Waals surface area contributed by atoms with Crippen molar-refractivity contribution >= 4 is 5.97 Å². The van der Waals surface area contributed by atoms with Gasteiger partial charge in [-0.2, -0.15) is 0 Å². The maximum Gasteiger partial charge on any atom is 0.329 e. The lowest BCUT2D eigenvalue weighted by Gasteiger charge is -2.39. The predicted molar refractivity (Wildman–Crippen MR) is 53.5 cm³/mol. The third-order valence-corrected chi connectivity index (χ3v) is 3.13. The molecule has 1 aromatic heterocycles. The molecule has 1 heterocycles. The molecule has 1 aliphatic carbocycles. The van der Waals surface area contributed by atoms with Gasteiger partial charge in [0.25, 0.3) is 0 Å². The van der Waals surface area contributed by atoms with Crippen molar-refractivity contribution in [3.63, 3.8) is 0 Å². The lowest BCUT2D eigenvalue weighted by molar-refractivity contribution is -0.152. The normalized spacial score (nSPS) is 18.5. The number of aryl methyl sites for hydroxylation is 1. The number of rotatable bonds is 4. The Morgan fingerprint density at radius 3 is 2.87 bits per heavy atom. The number of carbonyl (C=O) groups is 1. The SMILES string of the molecule is CCCc1nncn1C1(C(=O)O)CCC1. The second kappa shape index (κ2) is 3.64. The summed E-state index contributed by atoms with van der Waals surface area (Å²) < 4.78 is 1.75. The number of hydrogen-bond acceptors (Lipinski definition) is 3.